The number of thiazole rings is 1. The number of nitrogens with zero attached hydrogens (tertiary/aromatic N) is 5. The first-order chi connectivity index (χ1) is 10.8. The standard InChI is InChI=1S/C16H17N5S/c1-20-14(6-7-18-20)13-11-22-16(19-13)12-4-5-15(17-10-12)21-8-2-3-9-21/h4-7,10-11H,2-3,8-9H2,1H3. The summed E-state index contributed by atoms with van der Waals surface area (Å²) in [7, 11) is 1.93. The van der Waals surface area contributed by atoms with Crippen LogP contribution in [0.5, 0.6) is 0 Å². The molecule has 0 N–H and O–H groups in total. The molecule has 112 valence electrons. The molecular weight excluding hydrogens is 294 g/mol. The maximum atomic E-state index is 4.72. The molecule has 0 amide bonds. The Kier molecular flexibility index (Phi) is 3.38. The van der Waals surface area contributed by atoms with Crippen molar-refractivity contribution in [1.29, 1.82) is 0 Å². The van der Waals surface area contributed by atoms with E-state index in [1.807, 2.05) is 24.0 Å². The highest BCUT2D eigenvalue weighted by atomic mass is 32.1. The minimum absolute atomic E-state index is 0.962. The molecule has 6 heteroatoms. The first kappa shape index (κ1) is 13.5. The van der Waals surface area contributed by atoms with Gasteiger partial charge < -0.3 is 4.90 Å². The summed E-state index contributed by atoms with van der Waals surface area (Å²) in [5.41, 5.74) is 3.06. The van der Waals surface area contributed by atoms with E-state index in [9.17, 15) is 0 Å². The third-order valence-corrected chi connectivity index (χ3v) is 4.90. The molecule has 4 heterocycles. The van der Waals surface area contributed by atoms with Gasteiger partial charge in [0.05, 0.1) is 11.4 Å². The summed E-state index contributed by atoms with van der Waals surface area (Å²) in [4.78, 5) is 11.7. The number of hydrogen-bond acceptors (Lipinski definition) is 5. The second-order valence-corrected chi connectivity index (χ2v) is 6.34. The second-order valence-electron chi connectivity index (χ2n) is 5.48. The van der Waals surface area contributed by atoms with E-state index in [0.29, 0.717) is 0 Å². The van der Waals surface area contributed by atoms with Crippen LogP contribution >= 0.6 is 11.3 Å². The van der Waals surface area contributed by atoms with Crippen molar-refractivity contribution in [2.24, 2.45) is 7.05 Å². The van der Waals surface area contributed by atoms with Gasteiger partial charge in [0.2, 0.25) is 0 Å². The summed E-state index contributed by atoms with van der Waals surface area (Å²) >= 11 is 1.64. The topological polar surface area (TPSA) is 46.8 Å². The van der Waals surface area contributed by atoms with Gasteiger partial charge in [0.25, 0.3) is 0 Å². The molecule has 0 atom stereocenters. The van der Waals surface area contributed by atoms with Gasteiger partial charge in [0.1, 0.15) is 10.8 Å². The summed E-state index contributed by atoms with van der Waals surface area (Å²) in [5, 5.41) is 7.26. The highest BCUT2D eigenvalue weighted by Gasteiger charge is 2.14. The van der Waals surface area contributed by atoms with E-state index in [0.717, 1.165) is 40.9 Å². The molecule has 0 aliphatic carbocycles. The van der Waals surface area contributed by atoms with Crippen LogP contribution in [0.4, 0.5) is 5.82 Å². The molecule has 3 aromatic heterocycles. The van der Waals surface area contributed by atoms with Crippen molar-refractivity contribution < 1.29 is 0 Å². The van der Waals surface area contributed by atoms with Gasteiger partial charge in [-0.05, 0) is 31.0 Å². The normalized spacial score (nSPS) is 14.7. The van der Waals surface area contributed by atoms with Crippen molar-refractivity contribution in [3.8, 4) is 22.0 Å². The van der Waals surface area contributed by atoms with Crippen LogP contribution in [0, 0.1) is 0 Å². The van der Waals surface area contributed by atoms with E-state index in [1.165, 1.54) is 12.8 Å². The average Bonchev–Trinajstić information content (AvgIpc) is 3.28. The maximum absolute atomic E-state index is 4.72. The molecule has 0 radical (unpaired) electrons. The summed E-state index contributed by atoms with van der Waals surface area (Å²) < 4.78 is 1.84. The number of rotatable bonds is 3. The molecule has 0 unspecified atom stereocenters. The Morgan fingerprint density at radius 3 is 2.68 bits per heavy atom. The summed E-state index contributed by atoms with van der Waals surface area (Å²) in [5.74, 6) is 1.07. The van der Waals surface area contributed by atoms with Crippen molar-refractivity contribution in [1.82, 2.24) is 19.7 Å². The molecule has 0 spiro atoms. The van der Waals surface area contributed by atoms with Crippen LogP contribution < -0.4 is 4.90 Å². The fourth-order valence-electron chi connectivity index (χ4n) is 2.79. The van der Waals surface area contributed by atoms with Crippen LogP contribution in [0.15, 0.2) is 36.0 Å². The molecule has 1 aliphatic heterocycles. The SMILES string of the molecule is Cn1nccc1-c1csc(-c2ccc(N3CCCC3)nc2)n1. The summed E-state index contributed by atoms with van der Waals surface area (Å²) in [6.07, 6.45) is 6.26. The van der Waals surface area contributed by atoms with Crippen LogP contribution in [-0.2, 0) is 7.05 Å². The predicted molar refractivity (Wildman–Crippen MR) is 89.0 cm³/mol. The lowest BCUT2D eigenvalue weighted by Crippen LogP contribution is -2.18. The van der Waals surface area contributed by atoms with E-state index >= 15 is 0 Å². The lowest BCUT2D eigenvalue weighted by atomic mass is 10.3. The quantitative estimate of drug-likeness (QED) is 0.745. The largest absolute Gasteiger partial charge is 0.357 e. The van der Waals surface area contributed by atoms with Crippen molar-refractivity contribution >= 4 is 17.2 Å². The highest BCUT2D eigenvalue weighted by molar-refractivity contribution is 7.13. The van der Waals surface area contributed by atoms with E-state index in [2.05, 4.69) is 32.5 Å². The number of hydrogen-bond donors (Lipinski definition) is 0. The monoisotopic (exact) mass is 311 g/mol. The van der Waals surface area contributed by atoms with Gasteiger partial charge >= 0.3 is 0 Å². The zero-order valence-corrected chi connectivity index (χ0v) is 13.3. The van der Waals surface area contributed by atoms with Gasteiger partial charge in [0.15, 0.2) is 0 Å². The van der Waals surface area contributed by atoms with Crippen LogP contribution in [-0.4, -0.2) is 32.8 Å². The Hall–Kier alpha value is -2.21. The van der Waals surface area contributed by atoms with Gasteiger partial charge in [0, 0.05) is 43.5 Å². The molecular formula is C16H17N5S. The van der Waals surface area contributed by atoms with Crippen molar-refractivity contribution in [3.05, 3.63) is 36.0 Å². The molecule has 3 aromatic rings. The number of anilines is 1. The van der Waals surface area contributed by atoms with Crippen LogP contribution in [0.1, 0.15) is 12.8 Å². The molecule has 1 aliphatic rings. The summed E-state index contributed by atoms with van der Waals surface area (Å²) in [6, 6.07) is 6.20. The van der Waals surface area contributed by atoms with E-state index in [4.69, 9.17) is 4.98 Å². The van der Waals surface area contributed by atoms with Gasteiger partial charge in [-0.25, -0.2) is 9.97 Å². The molecule has 1 saturated heterocycles. The van der Waals surface area contributed by atoms with Gasteiger partial charge in [-0.15, -0.1) is 11.3 Å². The molecule has 4 rings (SSSR count). The molecule has 22 heavy (non-hydrogen) atoms. The number of aromatic nitrogens is 4. The first-order valence-corrected chi connectivity index (χ1v) is 8.34. The lowest BCUT2D eigenvalue weighted by Gasteiger charge is -2.15. The first-order valence-electron chi connectivity index (χ1n) is 7.46. The highest BCUT2D eigenvalue weighted by Crippen LogP contribution is 2.29. The zero-order valence-electron chi connectivity index (χ0n) is 12.4. The zero-order chi connectivity index (χ0) is 14.9. The fourth-order valence-corrected chi connectivity index (χ4v) is 3.60. The third kappa shape index (κ3) is 2.39. The minimum atomic E-state index is 0.962. The minimum Gasteiger partial charge on any atom is -0.357 e. The maximum Gasteiger partial charge on any atom is 0.128 e. The third-order valence-electron chi connectivity index (χ3n) is 4.01. The van der Waals surface area contributed by atoms with Crippen molar-refractivity contribution in [3.63, 3.8) is 0 Å². The van der Waals surface area contributed by atoms with Gasteiger partial charge in [-0.1, -0.05) is 0 Å². The lowest BCUT2D eigenvalue weighted by molar-refractivity contribution is 0.774. The molecule has 0 saturated carbocycles. The Morgan fingerprint density at radius 1 is 1.14 bits per heavy atom. The van der Waals surface area contributed by atoms with Crippen LogP contribution in [0.25, 0.3) is 22.0 Å². The Bertz CT molecular complexity index is 768. The van der Waals surface area contributed by atoms with Crippen molar-refractivity contribution in [2.45, 2.75) is 12.8 Å². The molecule has 0 aromatic carbocycles. The fraction of sp³-hybridized carbons (Fsp3) is 0.312. The van der Waals surface area contributed by atoms with Gasteiger partial charge in [-0.3, -0.25) is 4.68 Å². The predicted octanol–water partition coefficient (Wildman–Crippen LogP) is 3.21. The van der Waals surface area contributed by atoms with E-state index in [-0.39, 0.29) is 0 Å². The van der Waals surface area contributed by atoms with Gasteiger partial charge in [-0.2, -0.15) is 5.10 Å². The Labute approximate surface area is 133 Å². The Morgan fingerprint density at radius 2 is 2.00 bits per heavy atom. The Balaban J connectivity index is 1.60. The average molecular weight is 311 g/mol. The number of aryl methyl sites for hydroxylation is 1. The number of pyridine rings is 1. The second kappa shape index (κ2) is 5.53. The van der Waals surface area contributed by atoms with Crippen molar-refractivity contribution in [2.75, 3.05) is 18.0 Å². The van der Waals surface area contributed by atoms with Crippen LogP contribution in [0.3, 0.4) is 0 Å². The van der Waals surface area contributed by atoms with E-state index in [1.54, 1.807) is 17.5 Å². The molecule has 1 fully saturated rings. The molecule has 5 nitrogen and oxygen atoms in total. The summed E-state index contributed by atoms with van der Waals surface area (Å²) in [6.45, 7) is 2.24. The van der Waals surface area contributed by atoms with Crippen LogP contribution in [0.2, 0.25) is 0 Å². The molecule has 0 bridgehead atoms. The smallest absolute Gasteiger partial charge is 0.128 e. The van der Waals surface area contributed by atoms with E-state index < -0.39 is 0 Å².